The summed E-state index contributed by atoms with van der Waals surface area (Å²) in [5.74, 6) is 0.661. The van der Waals surface area contributed by atoms with Crippen LogP contribution in [-0.2, 0) is 4.74 Å². The molecule has 0 bridgehead atoms. The molecule has 74 valence electrons. The van der Waals surface area contributed by atoms with Gasteiger partial charge in [0.05, 0.1) is 6.61 Å². The smallest absolute Gasteiger partial charge is 0.113 e. The maximum absolute atomic E-state index is 5.64. The lowest BCUT2D eigenvalue weighted by atomic mass is 9.93. The van der Waals surface area contributed by atoms with Crippen molar-refractivity contribution < 1.29 is 4.74 Å². The average Bonchev–Trinajstić information content (AvgIpc) is 1.86. The summed E-state index contributed by atoms with van der Waals surface area (Å²) in [5.41, 5.74) is 0.222. The van der Waals surface area contributed by atoms with Crippen LogP contribution in [0.5, 0.6) is 0 Å². The fourth-order valence-electron chi connectivity index (χ4n) is 1.24. The lowest BCUT2D eigenvalue weighted by molar-refractivity contribution is -0.0803. The Labute approximate surface area is 81.5 Å². The Morgan fingerprint density at radius 3 is 2.25 bits per heavy atom. The first-order valence-corrected chi connectivity index (χ1v) is 4.35. The van der Waals surface area contributed by atoms with Crippen LogP contribution in [0.3, 0.4) is 0 Å². The quantitative estimate of drug-likeness (QED) is 0.636. The van der Waals surface area contributed by atoms with Gasteiger partial charge in [-0.25, -0.2) is 0 Å². The Bertz CT molecular complexity index is 125. The molecule has 1 fully saturated rings. The van der Waals surface area contributed by atoms with E-state index in [9.17, 15) is 0 Å². The fourth-order valence-corrected chi connectivity index (χ4v) is 1.24. The van der Waals surface area contributed by atoms with Crippen LogP contribution in [0.15, 0.2) is 0 Å². The van der Waals surface area contributed by atoms with E-state index in [-0.39, 0.29) is 24.0 Å². The monoisotopic (exact) mass is 193 g/mol. The third-order valence-electron chi connectivity index (χ3n) is 1.99. The van der Waals surface area contributed by atoms with E-state index in [1.807, 2.05) is 0 Å². The minimum Gasteiger partial charge on any atom is -0.362 e. The Kier molecular flexibility index (Phi) is 4.53. The fraction of sp³-hybridized carbons (Fsp3) is 1.00. The van der Waals surface area contributed by atoms with Crippen LogP contribution in [0.25, 0.3) is 0 Å². The maximum atomic E-state index is 5.64. The molecule has 0 spiro atoms. The van der Waals surface area contributed by atoms with E-state index >= 15 is 0 Å². The first-order chi connectivity index (χ1) is 5.00. The van der Waals surface area contributed by atoms with Gasteiger partial charge in [0.15, 0.2) is 0 Å². The molecule has 0 saturated carbocycles. The molecule has 1 aliphatic heterocycles. The number of rotatable bonds is 0. The largest absolute Gasteiger partial charge is 0.362 e. The van der Waals surface area contributed by atoms with Crippen LogP contribution >= 0.6 is 12.4 Å². The van der Waals surface area contributed by atoms with E-state index in [1.165, 1.54) is 0 Å². The number of ether oxygens (including phenoxy) is 1. The van der Waals surface area contributed by atoms with Crippen molar-refractivity contribution in [1.29, 1.82) is 0 Å². The predicted octanol–water partition coefficient (Wildman–Crippen LogP) is 2.04. The first kappa shape index (κ1) is 12.2. The number of hydrogen-bond donors (Lipinski definition) is 1. The van der Waals surface area contributed by atoms with Crippen LogP contribution < -0.4 is 5.32 Å². The summed E-state index contributed by atoms with van der Waals surface area (Å²) in [6.07, 6.45) is 0.235. The predicted molar refractivity (Wildman–Crippen MR) is 53.6 cm³/mol. The molecule has 0 amide bonds. The maximum Gasteiger partial charge on any atom is 0.113 e. The van der Waals surface area contributed by atoms with E-state index in [1.54, 1.807) is 0 Å². The molecular formula is C9H20ClNO. The van der Waals surface area contributed by atoms with E-state index in [4.69, 9.17) is 4.74 Å². The lowest BCUT2D eigenvalue weighted by Gasteiger charge is -2.36. The number of hydrogen-bond acceptors (Lipinski definition) is 2. The molecule has 1 heterocycles. The summed E-state index contributed by atoms with van der Waals surface area (Å²) in [5, 5.41) is 3.39. The standard InChI is InChI=1S/C9H19NO.ClH/c1-7-5-10-8(11-6-7)9(2,3)4;/h7-8,10H,5-6H2,1-4H3;1H. The van der Waals surface area contributed by atoms with Gasteiger partial charge in [0.25, 0.3) is 0 Å². The van der Waals surface area contributed by atoms with Gasteiger partial charge in [0.1, 0.15) is 6.23 Å². The van der Waals surface area contributed by atoms with Gasteiger partial charge in [-0.2, -0.15) is 0 Å². The van der Waals surface area contributed by atoms with Crippen molar-refractivity contribution in [2.24, 2.45) is 11.3 Å². The van der Waals surface area contributed by atoms with Gasteiger partial charge in [-0.1, -0.05) is 27.7 Å². The van der Waals surface area contributed by atoms with Gasteiger partial charge in [0, 0.05) is 12.0 Å². The molecule has 2 atom stereocenters. The second-order valence-corrected chi connectivity index (χ2v) is 4.59. The van der Waals surface area contributed by atoms with Gasteiger partial charge in [-0.3, -0.25) is 5.32 Å². The lowest BCUT2D eigenvalue weighted by Crippen LogP contribution is -2.49. The molecule has 1 saturated heterocycles. The Balaban J connectivity index is 0.00000121. The van der Waals surface area contributed by atoms with Crippen molar-refractivity contribution in [3.63, 3.8) is 0 Å². The van der Waals surface area contributed by atoms with Crippen LogP contribution in [0.2, 0.25) is 0 Å². The van der Waals surface area contributed by atoms with Gasteiger partial charge in [0.2, 0.25) is 0 Å². The molecular weight excluding hydrogens is 174 g/mol. The van der Waals surface area contributed by atoms with E-state index in [2.05, 4.69) is 33.0 Å². The zero-order valence-corrected chi connectivity index (χ0v) is 9.20. The van der Waals surface area contributed by atoms with Crippen molar-refractivity contribution in [2.75, 3.05) is 13.2 Å². The van der Waals surface area contributed by atoms with Crippen molar-refractivity contribution in [3.05, 3.63) is 0 Å². The Hall–Kier alpha value is 0.210. The molecule has 3 heteroatoms. The zero-order valence-electron chi connectivity index (χ0n) is 8.39. The zero-order chi connectivity index (χ0) is 8.48. The molecule has 1 aliphatic rings. The molecule has 0 aromatic heterocycles. The molecule has 0 aromatic carbocycles. The SMILES string of the molecule is CC1CNC(C(C)(C)C)OC1.Cl. The second-order valence-electron chi connectivity index (χ2n) is 4.59. The second kappa shape index (κ2) is 4.45. The average molecular weight is 194 g/mol. The molecule has 0 radical (unpaired) electrons. The van der Waals surface area contributed by atoms with Crippen molar-refractivity contribution in [2.45, 2.75) is 33.9 Å². The third kappa shape index (κ3) is 3.30. The summed E-state index contributed by atoms with van der Waals surface area (Å²) in [6.45, 7) is 10.8. The van der Waals surface area contributed by atoms with Crippen LogP contribution in [0, 0.1) is 11.3 Å². The molecule has 0 aromatic rings. The third-order valence-corrected chi connectivity index (χ3v) is 1.99. The van der Waals surface area contributed by atoms with Gasteiger partial charge < -0.3 is 4.74 Å². The molecule has 12 heavy (non-hydrogen) atoms. The summed E-state index contributed by atoms with van der Waals surface area (Å²) in [7, 11) is 0. The van der Waals surface area contributed by atoms with Crippen LogP contribution in [-0.4, -0.2) is 19.4 Å². The van der Waals surface area contributed by atoms with E-state index < -0.39 is 0 Å². The summed E-state index contributed by atoms with van der Waals surface area (Å²) < 4.78 is 5.64. The molecule has 0 aliphatic carbocycles. The normalized spacial score (nSPS) is 31.0. The molecule has 1 N–H and O–H groups in total. The highest BCUT2D eigenvalue weighted by molar-refractivity contribution is 5.85. The Morgan fingerprint density at radius 1 is 1.33 bits per heavy atom. The highest BCUT2D eigenvalue weighted by Crippen LogP contribution is 2.22. The molecule has 2 nitrogen and oxygen atoms in total. The van der Waals surface area contributed by atoms with E-state index in [0.29, 0.717) is 5.92 Å². The van der Waals surface area contributed by atoms with Crippen molar-refractivity contribution in [1.82, 2.24) is 5.32 Å². The summed E-state index contributed by atoms with van der Waals surface area (Å²) in [4.78, 5) is 0. The van der Waals surface area contributed by atoms with Crippen molar-refractivity contribution in [3.8, 4) is 0 Å². The minimum atomic E-state index is 0. The molecule has 1 rings (SSSR count). The van der Waals surface area contributed by atoms with E-state index in [0.717, 1.165) is 13.2 Å². The van der Waals surface area contributed by atoms with Gasteiger partial charge in [-0.15, -0.1) is 12.4 Å². The summed E-state index contributed by atoms with van der Waals surface area (Å²) >= 11 is 0. The molecule has 2 unspecified atom stereocenters. The highest BCUT2D eigenvalue weighted by Gasteiger charge is 2.28. The minimum absolute atomic E-state index is 0. The first-order valence-electron chi connectivity index (χ1n) is 4.35. The van der Waals surface area contributed by atoms with Gasteiger partial charge >= 0.3 is 0 Å². The highest BCUT2D eigenvalue weighted by atomic mass is 35.5. The van der Waals surface area contributed by atoms with Crippen molar-refractivity contribution >= 4 is 12.4 Å². The summed E-state index contributed by atoms with van der Waals surface area (Å²) in [6, 6.07) is 0. The van der Waals surface area contributed by atoms with Gasteiger partial charge in [-0.05, 0) is 5.92 Å². The topological polar surface area (TPSA) is 21.3 Å². The number of nitrogens with one attached hydrogen (secondary N) is 1. The van der Waals surface area contributed by atoms with Crippen LogP contribution in [0.4, 0.5) is 0 Å². The van der Waals surface area contributed by atoms with Crippen LogP contribution in [0.1, 0.15) is 27.7 Å². The number of halogens is 1. The Morgan fingerprint density at radius 2 is 1.92 bits per heavy atom.